The van der Waals surface area contributed by atoms with Crippen LogP contribution in [0, 0.1) is 20.8 Å². The third-order valence-electron chi connectivity index (χ3n) is 5.28. The molecule has 8 nitrogen and oxygen atoms in total. The molecule has 0 saturated carbocycles. The van der Waals surface area contributed by atoms with E-state index in [-0.39, 0.29) is 5.91 Å². The zero-order valence-corrected chi connectivity index (χ0v) is 19.5. The molecule has 0 aliphatic carbocycles. The second kappa shape index (κ2) is 8.96. The third-order valence-corrected chi connectivity index (χ3v) is 6.15. The number of methoxy groups -OCH3 is 2. The molecule has 0 saturated heterocycles. The van der Waals surface area contributed by atoms with Crippen LogP contribution in [0.1, 0.15) is 29.1 Å². The van der Waals surface area contributed by atoms with E-state index in [9.17, 15) is 4.79 Å². The number of aromatic nitrogens is 4. The van der Waals surface area contributed by atoms with E-state index in [1.54, 1.807) is 14.2 Å². The Labute approximate surface area is 190 Å². The molecule has 0 aliphatic rings. The van der Waals surface area contributed by atoms with E-state index >= 15 is 0 Å². The number of hydrogen-bond donors (Lipinski definition) is 1. The van der Waals surface area contributed by atoms with Crippen molar-refractivity contribution in [2.24, 2.45) is 0 Å². The number of benzene rings is 1. The smallest absolute Gasteiger partial charge is 0.226 e. The number of carbonyl (C=O) groups excluding carboxylic acids is 1. The van der Waals surface area contributed by atoms with Crippen molar-refractivity contribution in [1.29, 1.82) is 0 Å². The monoisotopic (exact) mass is 451 g/mol. The second-order valence-corrected chi connectivity index (χ2v) is 8.36. The lowest BCUT2D eigenvalue weighted by atomic mass is 10.1. The third kappa shape index (κ3) is 4.43. The van der Waals surface area contributed by atoms with Gasteiger partial charge in [-0.2, -0.15) is 5.10 Å². The predicted molar refractivity (Wildman–Crippen MR) is 125 cm³/mol. The summed E-state index contributed by atoms with van der Waals surface area (Å²) in [6, 6.07) is 7.59. The average molecular weight is 452 g/mol. The summed E-state index contributed by atoms with van der Waals surface area (Å²) in [6.45, 7) is 5.87. The quantitative estimate of drug-likeness (QED) is 0.449. The van der Waals surface area contributed by atoms with E-state index in [4.69, 9.17) is 19.6 Å². The van der Waals surface area contributed by atoms with E-state index in [2.05, 4.69) is 10.3 Å². The summed E-state index contributed by atoms with van der Waals surface area (Å²) in [5.74, 6) is 1.32. The van der Waals surface area contributed by atoms with Crippen LogP contribution in [-0.4, -0.2) is 39.7 Å². The summed E-state index contributed by atoms with van der Waals surface area (Å²) in [5, 5.41) is 10.2. The fraction of sp³-hybridized carbons (Fsp3) is 0.304. The van der Waals surface area contributed by atoms with Crippen molar-refractivity contribution < 1.29 is 14.3 Å². The first-order chi connectivity index (χ1) is 15.4. The van der Waals surface area contributed by atoms with Crippen LogP contribution in [0.5, 0.6) is 11.5 Å². The van der Waals surface area contributed by atoms with Gasteiger partial charge in [0.05, 0.1) is 25.6 Å². The Bertz CT molecular complexity index is 1270. The van der Waals surface area contributed by atoms with Gasteiger partial charge in [0.15, 0.2) is 10.8 Å². The van der Waals surface area contributed by atoms with Crippen molar-refractivity contribution in [3.8, 4) is 22.8 Å². The van der Waals surface area contributed by atoms with Gasteiger partial charge in [-0.25, -0.2) is 14.5 Å². The number of ether oxygens (including phenoxy) is 2. The largest absolute Gasteiger partial charge is 0.497 e. The number of thiazole rings is 1. The van der Waals surface area contributed by atoms with Gasteiger partial charge in [0.2, 0.25) is 5.91 Å². The number of carbonyl (C=O) groups is 1. The minimum atomic E-state index is -0.0668. The molecule has 3 aromatic heterocycles. The fourth-order valence-electron chi connectivity index (χ4n) is 3.62. The van der Waals surface area contributed by atoms with Gasteiger partial charge >= 0.3 is 0 Å². The highest BCUT2D eigenvalue weighted by Crippen LogP contribution is 2.30. The molecule has 166 valence electrons. The van der Waals surface area contributed by atoms with Crippen molar-refractivity contribution in [3.63, 3.8) is 0 Å². The zero-order valence-electron chi connectivity index (χ0n) is 18.7. The maximum Gasteiger partial charge on any atom is 0.226 e. The molecule has 32 heavy (non-hydrogen) atoms. The Morgan fingerprint density at radius 2 is 1.78 bits per heavy atom. The average Bonchev–Trinajstić information content (AvgIpc) is 3.39. The molecule has 0 unspecified atom stereocenters. The first kappa shape index (κ1) is 21.8. The molecule has 1 N–H and O–H groups in total. The highest BCUT2D eigenvalue weighted by Gasteiger charge is 2.16. The first-order valence-corrected chi connectivity index (χ1v) is 11.1. The Morgan fingerprint density at radius 1 is 1.06 bits per heavy atom. The summed E-state index contributed by atoms with van der Waals surface area (Å²) in [4.78, 5) is 21.4. The van der Waals surface area contributed by atoms with Gasteiger partial charge in [-0.1, -0.05) is 0 Å². The standard InChI is InChI=1S/C23H25N5O3S/c1-13-12-32-23(24-13)26-22(29)7-6-19-14(2)25-21-11-20(27-28(21)15(19)3)16-8-17(30-4)10-18(9-16)31-5/h8-12H,6-7H2,1-5H3,(H,24,26,29). The Balaban J connectivity index is 1.60. The number of amides is 1. The normalized spacial score (nSPS) is 11.0. The molecule has 0 fully saturated rings. The SMILES string of the molecule is COc1cc(OC)cc(-c2cc3nc(C)c(CCC(=O)Nc4nc(C)cs4)c(C)n3n2)c1. The maximum atomic E-state index is 12.4. The lowest BCUT2D eigenvalue weighted by molar-refractivity contribution is -0.116. The molecule has 1 amide bonds. The van der Waals surface area contributed by atoms with E-state index < -0.39 is 0 Å². The lowest BCUT2D eigenvalue weighted by Crippen LogP contribution is -2.14. The molecule has 0 aliphatic heterocycles. The van der Waals surface area contributed by atoms with Gasteiger partial charge in [-0.05, 0) is 44.9 Å². The molecule has 0 atom stereocenters. The molecular weight excluding hydrogens is 426 g/mol. The summed E-state index contributed by atoms with van der Waals surface area (Å²) in [5.41, 5.74) is 6.17. The molecule has 0 bridgehead atoms. The highest BCUT2D eigenvalue weighted by atomic mass is 32.1. The number of fused-ring (bicyclic) bond motifs is 1. The van der Waals surface area contributed by atoms with Crippen molar-refractivity contribution in [2.75, 3.05) is 19.5 Å². The van der Waals surface area contributed by atoms with Gasteiger partial charge in [-0.3, -0.25) is 4.79 Å². The van der Waals surface area contributed by atoms with Gasteiger partial charge in [0.1, 0.15) is 11.5 Å². The van der Waals surface area contributed by atoms with Crippen LogP contribution in [-0.2, 0) is 11.2 Å². The predicted octanol–water partition coefficient (Wildman–Crippen LogP) is 4.37. The summed E-state index contributed by atoms with van der Waals surface area (Å²) in [7, 11) is 3.24. The molecule has 4 rings (SSSR count). The molecular formula is C23H25N5O3S. The number of rotatable bonds is 7. The van der Waals surface area contributed by atoms with Crippen molar-refractivity contribution in [3.05, 3.63) is 52.3 Å². The summed E-state index contributed by atoms with van der Waals surface area (Å²) < 4.78 is 12.6. The van der Waals surface area contributed by atoms with Gasteiger partial charge in [0.25, 0.3) is 0 Å². The van der Waals surface area contributed by atoms with Crippen molar-refractivity contribution in [2.45, 2.75) is 33.6 Å². The maximum absolute atomic E-state index is 12.4. The summed E-state index contributed by atoms with van der Waals surface area (Å²) >= 11 is 1.43. The Kier molecular flexibility index (Phi) is 6.09. The van der Waals surface area contributed by atoms with Gasteiger partial charge < -0.3 is 14.8 Å². The van der Waals surface area contributed by atoms with E-state index in [0.29, 0.717) is 29.5 Å². The van der Waals surface area contributed by atoms with Crippen LogP contribution >= 0.6 is 11.3 Å². The number of aryl methyl sites for hydroxylation is 3. The minimum absolute atomic E-state index is 0.0668. The lowest BCUT2D eigenvalue weighted by Gasteiger charge is -2.10. The van der Waals surface area contributed by atoms with E-state index in [0.717, 1.165) is 39.5 Å². The van der Waals surface area contributed by atoms with Crippen LogP contribution in [0.4, 0.5) is 5.13 Å². The van der Waals surface area contributed by atoms with Crippen LogP contribution in [0.25, 0.3) is 16.9 Å². The zero-order chi connectivity index (χ0) is 22.8. The van der Waals surface area contributed by atoms with Crippen LogP contribution < -0.4 is 14.8 Å². The molecule has 0 spiro atoms. The first-order valence-electron chi connectivity index (χ1n) is 10.2. The topological polar surface area (TPSA) is 90.6 Å². The van der Waals surface area contributed by atoms with Crippen LogP contribution in [0.3, 0.4) is 0 Å². The summed E-state index contributed by atoms with van der Waals surface area (Å²) in [6.07, 6.45) is 0.910. The Morgan fingerprint density at radius 3 is 2.41 bits per heavy atom. The van der Waals surface area contributed by atoms with E-state index in [1.807, 2.05) is 54.9 Å². The molecule has 9 heteroatoms. The van der Waals surface area contributed by atoms with Crippen molar-refractivity contribution >= 4 is 28.0 Å². The Hall–Kier alpha value is -3.46. The number of nitrogens with one attached hydrogen (secondary N) is 1. The molecule has 1 aromatic carbocycles. The minimum Gasteiger partial charge on any atom is -0.497 e. The molecule has 4 aromatic rings. The molecule has 0 radical (unpaired) electrons. The van der Waals surface area contributed by atoms with Crippen LogP contribution in [0.2, 0.25) is 0 Å². The van der Waals surface area contributed by atoms with Crippen molar-refractivity contribution in [1.82, 2.24) is 19.6 Å². The van der Waals surface area contributed by atoms with Crippen LogP contribution in [0.15, 0.2) is 29.6 Å². The van der Waals surface area contributed by atoms with Gasteiger partial charge in [0, 0.05) is 40.9 Å². The molecule has 3 heterocycles. The van der Waals surface area contributed by atoms with Gasteiger partial charge in [-0.15, -0.1) is 11.3 Å². The highest BCUT2D eigenvalue weighted by molar-refractivity contribution is 7.13. The number of hydrogen-bond acceptors (Lipinski definition) is 7. The van der Waals surface area contributed by atoms with E-state index in [1.165, 1.54) is 11.3 Å². The fourth-order valence-corrected chi connectivity index (χ4v) is 4.32. The number of anilines is 1. The number of nitrogens with zero attached hydrogens (tertiary/aromatic N) is 4. The second-order valence-electron chi connectivity index (χ2n) is 7.50.